The highest BCUT2D eigenvalue weighted by Gasteiger charge is 2.92. The third kappa shape index (κ3) is 3.12. The number of carbonyl (C=O) groups is 5. The Labute approximate surface area is 217 Å². The van der Waals surface area contributed by atoms with E-state index in [4.69, 9.17) is 18.9 Å². The van der Waals surface area contributed by atoms with Crippen molar-refractivity contribution in [1.29, 1.82) is 0 Å². The monoisotopic (exact) mass is 518 g/mol. The molecule has 0 heterocycles. The first-order valence-electron chi connectivity index (χ1n) is 12.9. The van der Waals surface area contributed by atoms with Gasteiger partial charge in [0.1, 0.15) is 30.2 Å². The van der Waals surface area contributed by atoms with Gasteiger partial charge in [0, 0.05) is 56.8 Å². The average molecular weight is 519 g/mol. The molecule has 2 spiro atoms. The summed E-state index contributed by atoms with van der Waals surface area (Å²) in [7, 11) is 0. The van der Waals surface area contributed by atoms with E-state index in [9.17, 15) is 24.0 Å². The minimum Gasteiger partial charge on any atom is -0.461 e. The van der Waals surface area contributed by atoms with E-state index in [0.717, 1.165) is 0 Å². The van der Waals surface area contributed by atoms with Gasteiger partial charge in [-0.2, -0.15) is 0 Å². The maximum absolute atomic E-state index is 13.7. The summed E-state index contributed by atoms with van der Waals surface area (Å²) in [4.78, 5) is 63.5. The zero-order valence-electron chi connectivity index (χ0n) is 23.0. The summed E-state index contributed by atoms with van der Waals surface area (Å²) in [6.07, 6.45) is -2.59. The predicted octanol–water partition coefficient (Wildman–Crippen LogP) is 3.32. The van der Waals surface area contributed by atoms with Crippen molar-refractivity contribution in [3.8, 4) is 0 Å². The Morgan fingerprint density at radius 2 is 1.30 bits per heavy atom. The highest BCUT2D eigenvalue weighted by Crippen LogP contribution is 2.86. The van der Waals surface area contributed by atoms with Gasteiger partial charge in [0.25, 0.3) is 0 Å². The smallest absolute Gasteiger partial charge is 0.303 e. The first-order valence-corrected chi connectivity index (χ1v) is 12.9. The maximum atomic E-state index is 13.7. The van der Waals surface area contributed by atoms with E-state index in [1.165, 1.54) is 27.7 Å². The third-order valence-corrected chi connectivity index (χ3v) is 10.3. The van der Waals surface area contributed by atoms with E-state index in [-0.39, 0.29) is 12.2 Å². The Hall–Kier alpha value is -2.71. The highest BCUT2D eigenvalue weighted by molar-refractivity contribution is 5.86. The van der Waals surface area contributed by atoms with Crippen molar-refractivity contribution in [3.63, 3.8) is 0 Å². The number of hydrogen-bond donors (Lipinski definition) is 0. The molecule has 9 heteroatoms. The van der Waals surface area contributed by atoms with Gasteiger partial charge in [-0.3, -0.25) is 24.0 Å². The Morgan fingerprint density at radius 3 is 1.81 bits per heavy atom. The molecule has 4 fully saturated rings. The first kappa shape index (κ1) is 27.3. The standard InChI is InChI=1S/C28H38O9/c1-13-20(33)12-19-22(35-16(4)30)28-14(2)21(34-15(3)29)10-11-26(28,9)23(36-17(5)31)24(37-18(6)32)27(13,28)25(19,7)8/h13,19,21-24H,2,10-12H2,1,3-9H3. The molecule has 0 radical (unpaired) electrons. The summed E-state index contributed by atoms with van der Waals surface area (Å²) < 4.78 is 24.0. The highest BCUT2D eigenvalue weighted by atomic mass is 16.6. The van der Waals surface area contributed by atoms with Gasteiger partial charge in [0.05, 0.1) is 5.41 Å². The molecule has 0 aromatic carbocycles. The Morgan fingerprint density at radius 1 is 0.811 bits per heavy atom. The minimum absolute atomic E-state index is 0.0521. The zero-order valence-corrected chi connectivity index (χ0v) is 23.0. The van der Waals surface area contributed by atoms with E-state index < -0.39 is 81.8 Å². The maximum Gasteiger partial charge on any atom is 0.303 e. The largest absolute Gasteiger partial charge is 0.461 e. The van der Waals surface area contributed by atoms with Crippen LogP contribution in [-0.2, 0) is 42.9 Å². The van der Waals surface area contributed by atoms with E-state index in [1.807, 2.05) is 27.7 Å². The van der Waals surface area contributed by atoms with Crippen LogP contribution in [0.1, 0.15) is 74.7 Å². The third-order valence-electron chi connectivity index (χ3n) is 10.3. The van der Waals surface area contributed by atoms with Gasteiger partial charge in [-0.25, -0.2) is 0 Å². The number of esters is 4. The van der Waals surface area contributed by atoms with Crippen LogP contribution >= 0.6 is 0 Å². The molecule has 9 atom stereocenters. The molecule has 4 aliphatic rings. The van der Waals surface area contributed by atoms with E-state index in [1.54, 1.807) is 0 Å². The molecule has 0 aromatic rings. The summed E-state index contributed by atoms with van der Waals surface area (Å²) in [5.41, 5.74) is -3.57. The van der Waals surface area contributed by atoms with E-state index >= 15 is 0 Å². The van der Waals surface area contributed by atoms with Crippen LogP contribution in [0.4, 0.5) is 0 Å². The number of hydrogen-bond acceptors (Lipinski definition) is 9. The van der Waals surface area contributed by atoms with Crippen LogP contribution in [-0.4, -0.2) is 54.1 Å². The van der Waals surface area contributed by atoms with Gasteiger partial charge < -0.3 is 18.9 Å². The molecule has 0 aromatic heterocycles. The normalized spacial score (nSPS) is 43.4. The molecule has 0 saturated heterocycles. The molecule has 204 valence electrons. The first-order chi connectivity index (χ1) is 17.0. The summed E-state index contributed by atoms with van der Waals surface area (Å²) in [6, 6.07) is 0. The molecule has 0 aliphatic heterocycles. The van der Waals surface area contributed by atoms with Crippen molar-refractivity contribution >= 4 is 29.7 Å². The number of carbonyl (C=O) groups excluding carboxylic acids is 5. The van der Waals surface area contributed by atoms with Crippen LogP contribution in [0.15, 0.2) is 12.2 Å². The van der Waals surface area contributed by atoms with Crippen LogP contribution in [0.25, 0.3) is 0 Å². The second-order valence-electron chi connectivity index (χ2n) is 12.1. The van der Waals surface area contributed by atoms with Crippen molar-refractivity contribution in [2.75, 3.05) is 0 Å². The van der Waals surface area contributed by atoms with Gasteiger partial charge >= 0.3 is 23.9 Å². The van der Waals surface area contributed by atoms with Gasteiger partial charge in [0.15, 0.2) is 0 Å². The van der Waals surface area contributed by atoms with Crippen molar-refractivity contribution < 1.29 is 42.9 Å². The Kier molecular flexibility index (Phi) is 6.20. The Bertz CT molecular complexity index is 1090. The molecule has 4 saturated carbocycles. The number of rotatable bonds is 4. The van der Waals surface area contributed by atoms with Crippen LogP contribution in [0.3, 0.4) is 0 Å². The predicted molar refractivity (Wildman–Crippen MR) is 130 cm³/mol. The lowest BCUT2D eigenvalue weighted by molar-refractivity contribution is -0.194. The van der Waals surface area contributed by atoms with Gasteiger partial charge in [-0.1, -0.05) is 34.3 Å². The summed E-state index contributed by atoms with van der Waals surface area (Å²) in [5, 5.41) is 0. The molecule has 4 aliphatic carbocycles. The number of Topliss-reactive ketones (excluding diaryl/α,β-unsaturated/α-hetero) is 1. The second kappa shape index (κ2) is 8.40. The molecule has 2 bridgehead atoms. The van der Waals surface area contributed by atoms with Gasteiger partial charge in [-0.05, 0) is 23.8 Å². The lowest BCUT2D eigenvalue weighted by atomic mass is 9.42. The average Bonchev–Trinajstić information content (AvgIpc) is 2.99. The zero-order chi connectivity index (χ0) is 27.9. The Balaban J connectivity index is 2.17. The van der Waals surface area contributed by atoms with Crippen LogP contribution in [0, 0.1) is 33.5 Å². The van der Waals surface area contributed by atoms with Crippen LogP contribution < -0.4 is 0 Å². The topological polar surface area (TPSA) is 122 Å². The number of fused-ring (bicyclic) bond motifs is 1. The van der Waals surface area contributed by atoms with Crippen LogP contribution in [0.5, 0.6) is 0 Å². The minimum atomic E-state index is -1.20. The van der Waals surface area contributed by atoms with Gasteiger partial charge in [-0.15, -0.1) is 0 Å². The molecule has 0 amide bonds. The molecular weight excluding hydrogens is 480 g/mol. The molecule has 9 nitrogen and oxygen atoms in total. The molecule has 4 rings (SSSR count). The number of ether oxygens (including phenoxy) is 4. The molecular formula is C28H38O9. The van der Waals surface area contributed by atoms with Crippen molar-refractivity contribution in [2.45, 2.75) is 99.1 Å². The fourth-order valence-corrected chi connectivity index (χ4v) is 9.47. The fourth-order valence-electron chi connectivity index (χ4n) is 9.47. The number of ketones is 1. The summed E-state index contributed by atoms with van der Waals surface area (Å²) in [5.74, 6) is -3.30. The fraction of sp³-hybridized carbons (Fsp3) is 0.750. The van der Waals surface area contributed by atoms with Crippen molar-refractivity contribution in [2.24, 2.45) is 33.5 Å². The lowest BCUT2D eigenvalue weighted by Crippen LogP contribution is -2.63. The quantitative estimate of drug-likeness (QED) is 0.313. The second-order valence-corrected chi connectivity index (χ2v) is 12.1. The van der Waals surface area contributed by atoms with Crippen molar-refractivity contribution in [3.05, 3.63) is 12.2 Å². The van der Waals surface area contributed by atoms with E-state index in [0.29, 0.717) is 18.4 Å². The summed E-state index contributed by atoms with van der Waals surface area (Å²) in [6.45, 7) is 17.4. The lowest BCUT2D eigenvalue weighted by Gasteiger charge is -2.60. The van der Waals surface area contributed by atoms with E-state index in [2.05, 4.69) is 6.58 Å². The SMILES string of the molecule is C=C1C(OC(C)=O)CCC2(C)C(OC(C)=O)C(OC(C)=O)C34C(C)C(=O)CC(C(OC(C)=O)C123)C4(C)C. The van der Waals surface area contributed by atoms with Crippen molar-refractivity contribution in [1.82, 2.24) is 0 Å². The van der Waals surface area contributed by atoms with Crippen LogP contribution in [0.2, 0.25) is 0 Å². The molecule has 0 N–H and O–H groups in total. The summed E-state index contributed by atoms with van der Waals surface area (Å²) >= 11 is 0. The van der Waals surface area contributed by atoms with Gasteiger partial charge in [0.2, 0.25) is 0 Å². The molecule has 9 unspecified atom stereocenters. The molecule has 37 heavy (non-hydrogen) atoms.